The number of hydrogen-bond donors (Lipinski definition) is 0. The van der Waals surface area contributed by atoms with Crippen LogP contribution in [0.5, 0.6) is 0 Å². The molecule has 0 spiro atoms. The number of halogens is 2. The van der Waals surface area contributed by atoms with Crippen LogP contribution < -0.4 is 5.30 Å². The van der Waals surface area contributed by atoms with Crippen LogP contribution in [0.3, 0.4) is 0 Å². The first kappa shape index (κ1) is 15.5. The summed E-state index contributed by atoms with van der Waals surface area (Å²) in [5, 5.41) is 1.03. The molecule has 1 aliphatic heterocycles. The molecule has 1 saturated heterocycles. The van der Waals surface area contributed by atoms with Crippen molar-refractivity contribution in [3.8, 4) is 0 Å². The number of hydrogen-bond acceptors (Lipinski definition) is 2. The van der Waals surface area contributed by atoms with Crippen molar-refractivity contribution in [1.29, 1.82) is 0 Å². The normalized spacial score (nSPS) is 19.8. The summed E-state index contributed by atoms with van der Waals surface area (Å²) in [4.78, 5) is 0. The fourth-order valence-electron chi connectivity index (χ4n) is 2.42. The fourth-order valence-corrected chi connectivity index (χ4v) is 6.70. The van der Waals surface area contributed by atoms with E-state index in [4.69, 9.17) is 32.0 Å². The molecule has 5 heteroatoms. The summed E-state index contributed by atoms with van der Waals surface area (Å²) < 4.78 is 11.3. The molecule has 1 aliphatic rings. The number of benzene rings is 1. The van der Waals surface area contributed by atoms with Gasteiger partial charge in [0.05, 0.1) is 0 Å². The Labute approximate surface area is 125 Å². The third-order valence-electron chi connectivity index (χ3n) is 3.33. The van der Waals surface area contributed by atoms with Crippen LogP contribution in [0.4, 0.5) is 0 Å². The van der Waals surface area contributed by atoms with E-state index < -0.39 is 5.97 Å². The first-order valence-electron chi connectivity index (χ1n) is 6.68. The number of ether oxygens (including phenoxy) is 2. The first-order valence-corrected chi connectivity index (χ1v) is 10.8. The van der Waals surface area contributed by atoms with E-state index >= 15 is 0 Å². The summed E-state index contributed by atoms with van der Waals surface area (Å²) in [7, 11) is 0. The molecule has 0 amide bonds. The van der Waals surface area contributed by atoms with E-state index in [1.165, 1.54) is 0 Å². The third-order valence-corrected chi connectivity index (χ3v) is 8.86. The molecule has 2 rings (SSSR count). The molecule has 0 saturated carbocycles. The summed E-state index contributed by atoms with van der Waals surface area (Å²) in [5.74, 6) is -2.14. The zero-order valence-corrected chi connectivity index (χ0v) is 13.8. The van der Waals surface area contributed by atoms with Crippen molar-refractivity contribution in [3.63, 3.8) is 0 Å². The van der Waals surface area contributed by atoms with Crippen LogP contribution >= 0.6 is 28.4 Å². The SMILES string of the molecule is CC(C)CC(C1OCCO1)[PH](Cl)(Cl)c1ccccc1. The van der Waals surface area contributed by atoms with Crippen LogP contribution in [0.1, 0.15) is 20.3 Å². The summed E-state index contributed by atoms with van der Waals surface area (Å²) in [6, 6.07) is 9.94. The van der Waals surface area contributed by atoms with Crippen molar-refractivity contribution in [2.75, 3.05) is 13.2 Å². The van der Waals surface area contributed by atoms with E-state index in [9.17, 15) is 0 Å². The van der Waals surface area contributed by atoms with Gasteiger partial charge in [-0.1, -0.05) is 0 Å². The minimum atomic E-state index is -2.64. The van der Waals surface area contributed by atoms with Crippen molar-refractivity contribution < 1.29 is 9.47 Å². The van der Waals surface area contributed by atoms with E-state index in [1.807, 2.05) is 30.3 Å². The Morgan fingerprint density at radius 2 is 1.74 bits per heavy atom. The predicted molar refractivity (Wildman–Crippen MR) is 85.0 cm³/mol. The minimum absolute atomic E-state index is 0.0562. The average molecular weight is 323 g/mol. The Kier molecular flexibility index (Phi) is 5.51. The zero-order valence-electron chi connectivity index (χ0n) is 11.3. The van der Waals surface area contributed by atoms with Gasteiger partial charge in [0, 0.05) is 0 Å². The molecule has 1 aromatic rings. The van der Waals surface area contributed by atoms with Crippen molar-refractivity contribution in [2.45, 2.75) is 32.2 Å². The van der Waals surface area contributed by atoms with Crippen LogP contribution in [0.25, 0.3) is 0 Å². The second-order valence-electron chi connectivity index (χ2n) is 5.34. The molecule has 0 radical (unpaired) electrons. The second-order valence-corrected chi connectivity index (χ2v) is 12.1. The molecule has 2 nitrogen and oxygen atoms in total. The molecule has 19 heavy (non-hydrogen) atoms. The molecule has 108 valence electrons. The molecule has 1 aromatic carbocycles. The van der Waals surface area contributed by atoms with Gasteiger partial charge >= 0.3 is 125 Å². The Morgan fingerprint density at radius 3 is 2.26 bits per heavy atom. The summed E-state index contributed by atoms with van der Waals surface area (Å²) in [5.41, 5.74) is 0.0562. The second kappa shape index (κ2) is 6.74. The van der Waals surface area contributed by atoms with Crippen LogP contribution in [0.15, 0.2) is 30.3 Å². The maximum atomic E-state index is 6.80. The van der Waals surface area contributed by atoms with Gasteiger partial charge in [0.2, 0.25) is 0 Å². The van der Waals surface area contributed by atoms with Gasteiger partial charge in [0.1, 0.15) is 0 Å². The molecule has 0 N–H and O–H groups in total. The summed E-state index contributed by atoms with van der Waals surface area (Å²) in [6.45, 7) is 5.61. The number of rotatable bonds is 5. The Hall–Kier alpha value is 0.150. The van der Waals surface area contributed by atoms with Gasteiger partial charge in [-0.25, -0.2) is 0 Å². The van der Waals surface area contributed by atoms with E-state index in [0.717, 1.165) is 11.7 Å². The van der Waals surface area contributed by atoms with Gasteiger partial charge in [-0.05, 0) is 0 Å². The van der Waals surface area contributed by atoms with E-state index in [2.05, 4.69) is 13.8 Å². The Balaban J connectivity index is 2.25. The van der Waals surface area contributed by atoms with Crippen molar-refractivity contribution >= 4 is 33.8 Å². The molecular weight excluding hydrogens is 302 g/mol. The Morgan fingerprint density at radius 1 is 1.16 bits per heavy atom. The molecule has 1 unspecified atom stereocenters. The Bertz CT molecular complexity index is 392. The quantitative estimate of drug-likeness (QED) is 0.758. The monoisotopic (exact) mass is 322 g/mol. The predicted octanol–water partition coefficient (Wildman–Crippen LogP) is 4.16. The van der Waals surface area contributed by atoms with Gasteiger partial charge in [-0.3, -0.25) is 0 Å². The van der Waals surface area contributed by atoms with Gasteiger partial charge in [-0.15, -0.1) is 0 Å². The zero-order chi connectivity index (χ0) is 13.9. The molecule has 0 aromatic heterocycles. The van der Waals surface area contributed by atoms with Gasteiger partial charge < -0.3 is 0 Å². The average Bonchev–Trinajstić information content (AvgIpc) is 2.90. The van der Waals surface area contributed by atoms with Crippen LogP contribution in [0.2, 0.25) is 0 Å². The van der Waals surface area contributed by atoms with Gasteiger partial charge in [0.15, 0.2) is 0 Å². The van der Waals surface area contributed by atoms with Crippen LogP contribution in [-0.2, 0) is 9.47 Å². The van der Waals surface area contributed by atoms with Gasteiger partial charge in [0.25, 0.3) is 0 Å². The van der Waals surface area contributed by atoms with Crippen LogP contribution in [-0.4, -0.2) is 25.2 Å². The van der Waals surface area contributed by atoms with Crippen molar-refractivity contribution in [3.05, 3.63) is 30.3 Å². The van der Waals surface area contributed by atoms with Gasteiger partial charge in [-0.2, -0.15) is 0 Å². The van der Waals surface area contributed by atoms with Crippen molar-refractivity contribution in [1.82, 2.24) is 0 Å². The molecule has 1 heterocycles. The molecule has 1 atom stereocenters. The van der Waals surface area contributed by atoms with Crippen molar-refractivity contribution in [2.24, 2.45) is 5.92 Å². The fraction of sp³-hybridized carbons (Fsp3) is 0.571. The molecular formula is C14H21Cl2O2P. The topological polar surface area (TPSA) is 18.5 Å². The van der Waals surface area contributed by atoms with E-state index in [-0.39, 0.29) is 11.9 Å². The summed E-state index contributed by atoms with van der Waals surface area (Å²) >= 11 is 13.6. The maximum absolute atomic E-state index is 6.80. The molecule has 0 bridgehead atoms. The first-order chi connectivity index (χ1) is 9.01. The standard InChI is InChI=1S/C14H21Cl2O2P/c1-11(2)10-13(14-17-8-9-18-14)19(15,16)12-6-4-3-5-7-12/h3-7,11,13-14,19H,8-10H2,1-2H3. The molecule has 1 fully saturated rings. The summed E-state index contributed by atoms with van der Waals surface area (Å²) in [6.07, 6.45) is 0.656. The molecule has 0 aliphatic carbocycles. The van der Waals surface area contributed by atoms with E-state index in [1.54, 1.807) is 0 Å². The van der Waals surface area contributed by atoms with Crippen LogP contribution in [0, 0.1) is 5.92 Å². The van der Waals surface area contributed by atoms with E-state index in [0.29, 0.717) is 19.1 Å². The third kappa shape index (κ3) is 3.83.